The van der Waals surface area contributed by atoms with Crippen molar-refractivity contribution in [2.24, 2.45) is 0 Å². The average molecular weight is 428 g/mol. The van der Waals surface area contributed by atoms with Gasteiger partial charge in [0.25, 0.3) is 0 Å². The number of nitrogens with one attached hydrogen (secondary N) is 1. The molecule has 0 aliphatic rings. The molecule has 3 aromatic heterocycles. The van der Waals surface area contributed by atoms with Crippen molar-refractivity contribution in [3.05, 3.63) is 48.2 Å². The molecule has 0 saturated carbocycles. The average Bonchev–Trinajstić information content (AvgIpc) is 3.48. The lowest BCUT2D eigenvalue weighted by molar-refractivity contribution is -0.113. The SMILES string of the molecule is CCn1c(SCC(=O)Nc2cc(-n3nnnc3C)ccc2F)nnc1-c1ccco1. The first-order chi connectivity index (χ1) is 14.6. The Morgan fingerprint density at radius 2 is 2.13 bits per heavy atom. The highest BCUT2D eigenvalue weighted by Gasteiger charge is 2.17. The minimum Gasteiger partial charge on any atom is -0.461 e. The fraction of sp³-hybridized carbons (Fsp3) is 0.222. The highest BCUT2D eigenvalue weighted by Crippen LogP contribution is 2.25. The monoisotopic (exact) mass is 428 g/mol. The number of carbonyl (C=O) groups excluding carboxylic acids is 1. The number of tetrazole rings is 1. The largest absolute Gasteiger partial charge is 0.461 e. The van der Waals surface area contributed by atoms with Crippen LogP contribution in [0.2, 0.25) is 0 Å². The molecule has 0 atom stereocenters. The fourth-order valence-corrected chi connectivity index (χ4v) is 3.60. The van der Waals surface area contributed by atoms with Gasteiger partial charge in [0.05, 0.1) is 23.4 Å². The summed E-state index contributed by atoms with van der Waals surface area (Å²) in [7, 11) is 0. The Kier molecular flexibility index (Phi) is 5.57. The fourth-order valence-electron chi connectivity index (χ4n) is 2.80. The molecule has 4 aromatic rings. The van der Waals surface area contributed by atoms with E-state index in [1.807, 2.05) is 11.5 Å². The van der Waals surface area contributed by atoms with Crippen LogP contribution < -0.4 is 5.32 Å². The van der Waals surface area contributed by atoms with Crippen molar-refractivity contribution >= 4 is 23.4 Å². The number of hydrogen-bond acceptors (Lipinski definition) is 8. The summed E-state index contributed by atoms with van der Waals surface area (Å²) in [5, 5.41) is 22.6. The summed E-state index contributed by atoms with van der Waals surface area (Å²) in [6.07, 6.45) is 1.56. The van der Waals surface area contributed by atoms with Crippen LogP contribution in [-0.4, -0.2) is 46.6 Å². The number of anilines is 1. The number of aryl methyl sites for hydroxylation is 1. The molecule has 0 radical (unpaired) electrons. The number of furan rings is 1. The van der Waals surface area contributed by atoms with Gasteiger partial charge in [-0.1, -0.05) is 11.8 Å². The van der Waals surface area contributed by atoms with E-state index >= 15 is 0 Å². The van der Waals surface area contributed by atoms with Crippen LogP contribution in [0.25, 0.3) is 17.3 Å². The second kappa shape index (κ2) is 8.45. The molecular weight excluding hydrogens is 411 g/mol. The summed E-state index contributed by atoms with van der Waals surface area (Å²) in [4.78, 5) is 12.4. The molecule has 1 N–H and O–H groups in total. The van der Waals surface area contributed by atoms with Crippen molar-refractivity contribution in [1.29, 1.82) is 0 Å². The summed E-state index contributed by atoms with van der Waals surface area (Å²) >= 11 is 1.20. The lowest BCUT2D eigenvalue weighted by Crippen LogP contribution is -2.16. The first-order valence-electron chi connectivity index (χ1n) is 9.01. The second-order valence-corrected chi connectivity index (χ2v) is 7.11. The Hall–Kier alpha value is -3.54. The van der Waals surface area contributed by atoms with E-state index in [9.17, 15) is 9.18 Å². The molecule has 1 aromatic carbocycles. The van der Waals surface area contributed by atoms with E-state index in [4.69, 9.17) is 4.42 Å². The molecule has 0 aliphatic heterocycles. The van der Waals surface area contributed by atoms with Gasteiger partial charge in [0, 0.05) is 6.54 Å². The molecule has 0 aliphatic carbocycles. The topological polar surface area (TPSA) is 117 Å². The molecular formula is C18H17FN8O2S. The number of aromatic nitrogens is 7. The number of halogens is 1. The predicted octanol–water partition coefficient (Wildman–Crippen LogP) is 2.71. The number of rotatable bonds is 7. The molecule has 10 nitrogen and oxygen atoms in total. The van der Waals surface area contributed by atoms with Crippen LogP contribution in [0.4, 0.5) is 10.1 Å². The van der Waals surface area contributed by atoms with Gasteiger partial charge >= 0.3 is 0 Å². The number of thioether (sulfide) groups is 1. The molecule has 0 unspecified atom stereocenters. The summed E-state index contributed by atoms with van der Waals surface area (Å²) in [6.45, 7) is 4.27. The zero-order chi connectivity index (χ0) is 21.1. The lowest BCUT2D eigenvalue weighted by Gasteiger charge is -2.09. The van der Waals surface area contributed by atoms with Crippen LogP contribution in [0.5, 0.6) is 0 Å². The molecule has 154 valence electrons. The summed E-state index contributed by atoms with van der Waals surface area (Å²) < 4.78 is 22.9. The number of hydrogen-bond donors (Lipinski definition) is 1. The van der Waals surface area contributed by atoms with Crippen LogP contribution in [-0.2, 0) is 11.3 Å². The smallest absolute Gasteiger partial charge is 0.234 e. The molecule has 12 heteroatoms. The third-order valence-corrected chi connectivity index (χ3v) is 5.17. The molecule has 1 amide bonds. The van der Waals surface area contributed by atoms with Crippen LogP contribution in [0.1, 0.15) is 12.7 Å². The molecule has 0 fully saturated rings. The van der Waals surface area contributed by atoms with E-state index in [-0.39, 0.29) is 17.3 Å². The first kappa shape index (κ1) is 19.8. The molecule has 3 heterocycles. The number of benzene rings is 1. The number of carbonyl (C=O) groups is 1. The number of amides is 1. The quantitative estimate of drug-likeness (QED) is 0.447. The molecule has 0 spiro atoms. The van der Waals surface area contributed by atoms with Gasteiger partial charge in [-0.05, 0) is 54.6 Å². The summed E-state index contributed by atoms with van der Waals surface area (Å²) in [5.74, 6) is 0.817. The maximum Gasteiger partial charge on any atom is 0.234 e. The molecule has 0 bridgehead atoms. The van der Waals surface area contributed by atoms with Crippen molar-refractivity contribution in [2.75, 3.05) is 11.1 Å². The zero-order valence-electron chi connectivity index (χ0n) is 16.1. The Labute approximate surface area is 174 Å². The van der Waals surface area contributed by atoms with Gasteiger partial charge in [-0.2, -0.15) is 4.68 Å². The first-order valence-corrected chi connectivity index (χ1v) is 10.00. The summed E-state index contributed by atoms with van der Waals surface area (Å²) in [5.41, 5.74) is 0.580. The van der Waals surface area contributed by atoms with Gasteiger partial charge in [0.15, 0.2) is 22.6 Å². The lowest BCUT2D eigenvalue weighted by atomic mass is 10.2. The Bertz CT molecular complexity index is 1170. The maximum absolute atomic E-state index is 14.2. The standard InChI is InChI=1S/C18H17FN8O2S/c1-3-26-17(15-5-4-8-29-15)22-23-18(26)30-10-16(28)20-14-9-12(6-7-13(14)19)27-11(2)21-24-25-27/h4-9H,3,10H2,1-2H3,(H,20,28). The zero-order valence-corrected chi connectivity index (χ0v) is 16.9. The van der Waals surface area contributed by atoms with Gasteiger partial charge in [0.1, 0.15) is 5.82 Å². The van der Waals surface area contributed by atoms with Crippen LogP contribution in [0.3, 0.4) is 0 Å². The van der Waals surface area contributed by atoms with Gasteiger partial charge < -0.3 is 9.73 Å². The molecule has 0 saturated heterocycles. The van der Waals surface area contributed by atoms with Crippen molar-refractivity contribution in [2.45, 2.75) is 25.5 Å². The highest BCUT2D eigenvalue weighted by molar-refractivity contribution is 7.99. The highest BCUT2D eigenvalue weighted by atomic mass is 32.2. The van der Waals surface area contributed by atoms with Crippen LogP contribution in [0.15, 0.2) is 46.2 Å². The van der Waals surface area contributed by atoms with Crippen LogP contribution in [0, 0.1) is 12.7 Å². The summed E-state index contributed by atoms with van der Waals surface area (Å²) in [6, 6.07) is 7.82. The van der Waals surface area contributed by atoms with Crippen LogP contribution >= 0.6 is 11.8 Å². The van der Waals surface area contributed by atoms with E-state index in [0.29, 0.717) is 34.8 Å². The van der Waals surface area contributed by atoms with E-state index < -0.39 is 5.82 Å². The molecule has 30 heavy (non-hydrogen) atoms. The Morgan fingerprint density at radius 3 is 2.83 bits per heavy atom. The molecule has 4 rings (SSSR count). The minimum absolute atomic E-state index is 0.0316. The number of nitrogens with zero attached hydrogens (tertiary/aromatic N) is 7. The normalized spacial score (nSPS) is 11.0. The Balaban J connectivity index is 1.45. The van der Waals surface area contributed by atoms with Crippen molar-refractivity contribution < 1.29 is 13.6 Å². The van der Waals surface area contributed by atoms with Crippen molar-refractivity contribution in [3.63, 3.8) is 0 Å². The maximum atomic E-state index is 14.2. The van der Waals surface area contributed by atoms with E-state index in [2.05, 4.69) is 31.0 Å². The second-order valence-electron chi connectivity index (χ2n) is 6.17. The van der Waals surface area contributed by atoms with Gasteiger partial charge in [-0.25, -0.2) is 4.39 Å². The van der Waals surface area contributed by atoms with E-state index in [1.54, 1.807) is 25.3 Å². The minimum atomic E-state index is -0.556. The predicted molar refractivity (Wildman–Crippen MR) is 107 cm³/mol. The van der Waals surface area contributed by atoms with Gasteiger partial charge in [-0.15, -0.1) is 15.3 Å². The Morgan fingerprint density at radius 1 is 1.27 bits per heavy atom. The third-order valence-electron chi connectivity index (χ3n) is 4.20. The van der Waals surface area contributed by atoms with Gasteiger partial charge in [0.2, 0.25) is 5.91 Å². The van der Waals surface area contributed by atoms with E-state index in [1.165, 1.54) is 34.6 Å². The van der Waals surface area contributed by atoms with Crippen molar-refractivity contribution in [1.82, 2.24) is 35.0 Å². The third kappa shape index (κ3) is 3.94. The van der Waals surface area contributed by atoms with Gasteiger partial charge in [-0.3, -0.25) is 9.36 Å². The van der Waals surface area contributed by atoms with Crippen molar-refractivity contribution in [3.8, 4) is 17.3 Å². The van der Waals surface area contributed by atoms with E-state index in [0.717, 1.165) is 0 Å².